The number of carbonyl (C=O) groups is 1. The second-order valence-corrected chi connectivity index (χ2v) is 5.13. The summed E-state index contributed by atoms with van der Waals surface area (Å²) in [5.41, 5.74) is 9.68. The largest absolute Gasteiger partial charge is 0.399 e. The van der Waals surface area contributed by atoms with Crippen LogP contribution in [0, 0.1) is 6.92 Å². The highest BCUT2D eigenvalue weighted by Gasteiger charge is 2.10. The molecule has 3 nitrogen and oxygen atoms in total. The molecule has 3 N–H and O–H groups in total. The Morgan fingerprint density at radius 3 is 2.65 bits per heavy atom. The molecule has 0 fully saturated rings. The van der Waals surface area contributed by atoms with Crippen LogP contribution in [0.4, 0.5) is 5.69 Å². The SMILES string of the molecule is Cc1cccc(CC(=O)NC(C)c2cccc(N)c2)c1. The molecule has 0 aliphatic rings. The maximum atomic E-state index is 12.1. The number of aryl methyl sites for hydroxylation is 1. The van der Waals surface area contributed by atoms with Crippen LogP contribution in [-0.2, 0) is 11.2 Å². The van der Waals surface area contributed by atoms with Crippen molar-refractivity contribution >= 4 is 11.6 Å². The predicted molar refractivity (Wildman–Crippen MR) is 82.3 cm³/mol. The van der Waals surface area contributed by atoms with Crippen molar-refractivity contribution in [3.8, 4) is 0 Å². The molecule has 0 aliphatic heterocycles. The molecule has 0 radical (unpaired) electrons. The average molecular weight is 268 g/mol. The highest BCUT2D eigenvalue weighted by Crippen LogP contribution is 2.15. The molecule has 2 aromatic rings. The molecule has 0 aliphatic carbocycles. The fourth-order valence-electron chi connectivity index (χ4n) is 2.21. The lowest BCUT2D eigenvalue weighted by molar-refractivity contribution is -0.121. The number of nitrogens with two attached hydrogens (primary N) is 1. The first kappa shape index (κ1) is 14.1. The van der Waals surface area contributed by atoms with E-state index in [2.05, 4.69) is 5.32 Å². The average Bonchev–Trinajstić information content (AvgIpc) is 2.38. The number of rotatable bonds is 4. The minimum absolute atomic E-state index is 0.0190. The quantitative estimate of drug-likeness (QED) is 0.837. The summed E-state index contributed by atoms with van der Waals surface area (Å²) in [5.74, 6) is 0.0190. The van der Waals surface area contributed by atoms with Gasteiger partial charge in [0.15, 0.2) is 0 Å². The van der Waals surface area contributed by atoms with Crippen molar-refractivity contribution in [1.29, 1.82) is 0 Å². The third-order valence-corrected chi connectivity index (χ3v) is 3.24. The first-order valence-electron chi connectivity index (χ1n) is 6.75. The number of amides is 1. The molecule has 0 aromatic heterocycles. The molecule has 1 unspecified atom stereocenters. The topological polar surface area (TPSA) is 55.1 Å². The van der Waals surface area contributed by atoms with Crippen molar-refractivity contribution in [1.82, 2.24) is 5.32 Å². The Bertz CT molecular complexity index is 607. The van der Waals surface area contributed by atoms with E-state index in [9.17, 15) is 4.79 Å². The molecule has 2 aromatic carbocycles. The number of nitrogens with one attached hydrogen (secondary N) is 1. The van der Waals surface area contributed by atoms with Crippen LogP contribution in [-0.4, -0.2) is 5.91 Å². The molecule has 0 saturated heterocycles. The van der Waals surface area contributed by atoms with Gasteiger partial charge in [-0.3, -0.25) is 4.79 Å². The molecule has 0 heterocycles. The van der Waals surface area contributed by atoms with E-state index in [-0.39, 0.29) is 11.9 Å². The van der Waals surface area contributed by atoms with Gasteiger partial charge < -0.3 is 11.1 Å². The highest BCUT2D eigenvalue weighted by atomic mass is 16.1. The summed E-state index contributed by atoms with van der Waals surface area (Å²) in [4.78, 5) is 12.1. The van der Waals surface area contributed by atoms with Gasteiger partial charge in [-0.2, -0.15) is 0 Å². The van der Waals surface area contributed by atoms with Gasteiger partial charge in [-0.1, -0.05) is 42.0 Å². The number of benzene rings is 2. The van der Waals surface area contributed by atoms with Gasteiger partial charge in [0.05, 0.1) is 12.5 Å². The van der Waals surface area contributed by atoms with Crippen LogP contribution in [0.25, 0.3) is 0 Å². The van der Waals surface area contributed by atoms with E-state index in [1.807, 2.05) is 62.4 Å². The van der Waals surface area contributed by atoms with Crippen LogP contribution in [0.1, 0.15) is 29.7 Å². The first-order valence-corrected chi connectivity index (χ1v) is 6.75. The summed E-state index contributed by atoms with van der Waals surface area (Å²) in [7, 11) is 0. The highest BCUT2D eigenvalue weighted by molar-refractivity contribution is 5.79. The van der Waals surface area contributed by atoms with Gasteiger partial charge in [0.25, 0.3) is 0 Å². The zero-order chi connectivity index (χ0) is 14.5. The minimum Gasteiger partial charge on any atom is -0.399 e. The van der Waals surface area contributed by atoms with Crippen molar-refractivity contribution in [2.45, 2.75) is 26.3 Å². The molecule has 20 heavy (non-hydrogen) atoms. The Morgan fingerprint density at radius 1 is 1.20 bits per heavy atom. The van der Waals surface area contributed by atoms with E-state index in [1.54, 1.807) is 0 Å². The second-order valence-electron chi connectivity index (χ2n) is 5.13. The van der Waals surface area contributed by atoms with Crippen molar-refractivity contribution in [2.75, 3.05) is 5.73 Å². The molecule has 0 saturated carbocycles. The van der Waals surface area contributed by atoms with Crippen molar-refractivity contribution in [3.05, 3.63) is 65.2 Å². The van der Waals surface area contributed by atoms with Crippen molar-refractivity contribution < 1.29 is 4.79 Å². The van der Waals surface area contributed by atoms with Crippen LogP contribution in [0.3, 0.4) is 0 Å². The predicted octanol–water partition coefficient (Wildman–Crippen LogP) is 3.00. The van der Waals surface area contributed by atoms with Crippen molar-refractivity contribution in [2.24, 2.45) is 0 Å². The Kier molecular flexibility index (Phi) is 4.41. The number of nitrogen functional groups attached to an aromatic ring is 1. The van der Waals surface area contributed by atoms with Crippen LogP contribution < -0.4 is 11.1 Å². The van der Waals surface area contributed by atoms with Crippen LogP contribution in [0.5, 0.6) is 0 Å². The standard InChI is InChI=1S/C17H20N2O/c1-12-5-3-6-14(9-12)10-17(20)19-13(2)15-7-4-8-16(18)11-15/h3-9,11,13H,10,18H2,1-2H3,(H,19,20). The fraction of sp³-hybridized carbons (Fsp3) is 0.235. The number of carbonyl (C=O) groups excluding carboxylic acids is 1. The van der Waals surface area contributed by atoms with Crippen molar-refractivity contribution in [3.63, 3.8) is 0 Å². The number of hydrogen-bond acceptors (Lipinski definition) is 2. The van der Waals surface area contributed by atoms with Gasteiger partial charge >= 0.3 is 0 Å². The van der Waals surface area contributed by atoms with Gasteiger partial charge in [-0.05, 0) is 37.1 Å². The maximum absolute atomic E-state index is 12.1. The monoisotopic (exact) mass is 268 g/mol. The molecule has 104 valence electrons. The summed E-state index contributed by atoms with van der Waals surface area (Å²) in [6.45, 7) is 3.99. The van der Waals surface area contributed by atoms with Crippen LogP contribution >= 0.6 is 0 Å². The molecule has 3 heteroatoms. The van der Waals surface area contributed by atoms with Gasteiger partial charge in [0.2, 0.25) is 5.91 Å². The molecule has 2 rings (SSSR count). The molecule has 0 spiro atoms. The minimum atomic E-state index is -0.0455. The van der Waals surface area contributed by atoms with E-state index in [0.29, 0.717) is 12.1 Å². The van der Waals surface area contributed by atoms with Crippen LogP contribution in [0.15, 0.2) is 48.5 Å². The molecule has 1 atom stereocenters. The zero-order valence-electron chi connectivity index (χ0n) is 11.9. The van der Waals surface area contributed by atoms with E-state index in [4.69, 9.17) is 5.73 Å². The lowest BCUT2D eigenvalue weighted by atomic mass is 10.1. The molecular formula is C17H20N2O. The summed E-state index contributed by atoms with van der Waals surface area (Å²) < 4.78 is 0. The second kappa shape index (κ2) is 6.24. The fourth-order valence-corrected chi connectivity index (χ4v) is 2.21. The Balaban J connectivity index is 1.97. The van der Waals surface area contributed by atoms with E-state index in [1.165, 1.54) is 5.56 Å². The summed E-state index contributed by atoms with van der Waals surface area (Å²) in [6.07, 6.45) is 0.397. The summed E-state index contributed by atoms with van der Waals surface area (Å²) >= 11 is 0. The molecule has 1 amide bonds. The van der Waals surface area contributed by atoms with Gasteiger partial charge in [-0.15, -0.1) is 0 Å². The van der Waals surface area contributed by atoms with E-state index in [0.717, 1.165) is 11.1 Å². The van der Waals surface area contributed by atoms with Gasteiger partial charge in [0.1, 0.15) is 0 Å². The Hall–Kier alpha value is -2.29. The Morgan fingerprint density at radius 2 is 1.95 bits per heavy atom. The van der Waals surface area contributed by atoms with Gasteiger partial charge in [0, 0.05) is 5.69 Å². The van der Waals surface area contributed by atoms with E-state index >= 15 is 0 Å². The first-order chi connectivity index (χ1) is 9.54. The van der Waals surface area contributed by atoms with E-state index < -0.39 is 0 Å². The number of hydrogen-bond donors (Lipinski definition) is 2. The molecule has 0 bridgehead atoms. The third kappa shape index (κ3) is 3.85. The Labute approximate surface area is 119 Å². The lowest BCUT2D eigenvalue weighted by Gasteiger charge is -2.15. The summed E-state index contributed by atoms with van der Waals surface area (Å²) in [5, 5.41) is 3.00. The molecular weight excluding hydrogens is 248 g/mol. The number of anilines is 1. The zero-order valence-corrected chi connectivity index (χ0v) is 11.9. The smallest absolute Gasteiger partial charge is 0.224 e. The van der Waals surface area contributed by atoms with Gasteiger partial charge in [-0.25, -0.2) is 0 Å². The van der Waals surface area contributed by atoms with Crippen LogP contribution in [0.2, 0.25) is 0 Å². The summed E-state index contributed by atoms with van der Waals surface area (Å²) in [6, 6.07) is 15.5. The maximum Gasteiger partial charge on any atom is 0.224 e. The normalized spacial score (nSPS) is 11.9. The lowest BCUT2D eigenvalue weighted by Crippen LogP contribution is -2.28. The third-order valence-electron chi connectivity index (χ3n) is 3.24.